The van der Waals surface area contributed by atoms with Gasteiger partial charge in [-0.25, -0.2) is 9.97 Å². The largest absolute Gasteiger partial charge is 0.493 e. The van der Waals surface area contributed by atoms with E-state index >= 15 is 0 Å². The Bertz CT molecular complexity index is 1510. The lowest BCUT2D eigenvalue weighted by Crippen LogP contribution is -2.32. The van der Waals surface area contributed by atoms with Crippen molar-refractivity contribution in [2.45, 2.75) is 38.1 Å². The lowest BCUT2D eigenvalue weighted by molar-refractivity contribution is -0.137. The van der Waals surface area contributed by atoms with Crippen LogP contribution in [0.25, 0.3) is 22.3 Å². The number of ether oxygens (including phenoxy) is 1. The fourth-order valence-corrected chi connectivity index (χ4v) is 4.86. The van der Waals surface area contributed by atoms with Gasteiger partial charge in [-0.1, -0.05) is 41.4 Å². The molecule has 2 heterocycles. The first-order valence-corrected chi connectivity index (χ1v) is 13.1. The van der Waals surface area contributed by atoms with E-state index in [1.54, 1.807) is 42.5 Å². The Morgan fingerprint density at radius 3 is 2.53 bits per heavy atom. The smallest absolute Gasteiger partial charge is 0.303 e. The second-order valence-electron chi connectivity index (χ2n) is 9.18. The molecule has 194 valence electrons. The highest BCUT2D eigenvalue weighted by Gasteiger charge is 2.24. The second-order valence-corrected chi connectivity index (χ2v) is 10.0. The number of benzene rings is 3. The van der Waals surface area contributed by atoms with E-state index in [0.29, 0.717) is 64.7 Å². The number of unbranched alkanes of at least 4 members (excludes halogenated alkanes) is 1. The van der Waals surface area contributed by atoms with Gasteiger partial charge in [0, 0.05) is 39.6 Å². The molecule has 0 aliphatic carbocycles. The third-order valence-electron chi connectivity index (χ3n) is 6.49. The van der Waals surface area contributed by atoms with E-state index in [-0.39, 0.29) is 18.4 Å². The molecule has 0 radical (unpaired) electrons. The van der Waals surface area contributed by atoms with Crippen molar-refractivity contribution in [2.24, 2.45) is 0 Å². The summed E-state index contributed by atoms with van der Waals surface area (Å²) < 4.78 is 5.71. The van der Waals surface area contributed by atoms with Crippen molar-refractivity contribution in [1.29, 1.82) is 0 Å². The molecular weight excluding hydrogens is 525 g/mol. The van der Waals surface area contributed by atoms with Crippen LogP contribution in [0.5, 0.6) is 5.75 Å². The molecule has 3 aromatic carbocycles. The third-order valence-corrected chi connectivity index (χ3v) is 6.98. The minimum Gasteiger partial charge on any atom is -0.493 e. The van der Waals surface area contributed by atoms with Gasteiger partial charge < -0.3 is 15.2 Å². The Balaban J connectivity index is 1.43. The lowest BCUT2D eigenvalue weighted by atomic mass is 10.00. The van der Waals surface area contributed by atoms with Gasteiger partial charge in [-0.3, -0.25) is 9.59 Å². The number of rotatable bonds is 8. The molecule has 0 spiro atoms. The molecule has 0 bridgehead atoms. The number of nitrogens with one attached hydrogen (secondary N) is 1. The quantitative estimate of drug-likeness (QED) is 0.238. The van der Waals surface area contributed by atoms with Crippen molar-refractivity contribution < 1.29 is 19.4 Å². The number of carbonyl (C=O) groups excluding carboxylic acids is 1. The molecule has 0 fully saturated rings. The summed E-state index contributed by atoms with van der Waals surface area (Å²) in [7, 11) is 0. The van der Waals surface area contributed by atoms with Gasteiger partial charge in [-0.2, -0.15) is 0 Å². The van der Waals surface area contributed by atoms with Crippen LogP contribution in [0.3, 0.4) is 0 Å². The molecule has 7 nitrogen and oxygen atoms in total. The van der Waals surface area contributed by atoms with Crippen molar-refractivity contribution in [3.8, 4) is 17.0 Å². The molecule has 1 aliphatic heterocycles. The third kappa shape index (κ3) is 5.90. The first-order chi connectivity index (χ1) is 18.4. The van der Waals surface area contributed by atoms with Crippen LogP contribution in [0.2, 0.25) is 10.0 Å². The fraction of sp³-hybridized carbons (Fsp3) is 0.241. The summed E-state index contributed by atoms with van der Waals surface area (Å²) in [5.74, 6) is -0.356. The predicted molar refractivity (Wildman–Crippen MR) is 147 cm³/mol. The van der Waals surface area contributed by atoms with E-state index in [0.717, 1.165) is 22.5 Å². The number of nitrogens with zero attached hydrogens (tertiary/aromatic N) is 2. The number of hydrogen-bond acceptors (Lipinski definition) is 5. The van der Waals surface area contributed by atoms with Crippen LogP contribution in [-0.4, -0.2) is 33.6 Å². The van der Waals surface area contributed by atoms with Crippen LogP contribution >= 0.6 is 23.2 Å². The van der Waals surface area contributed by atoms with Gasteiger partial charge in [0.1, 0.15) is 5.75 Å². The summed E-state index contributed by atoms with van der Waals surface area (Å²) in [5.41, 5.74) is 4.97. The summed E-state index contributed by atoms with van der Waals surface area (Å²) in [6, 6.07) is 17.9. The Morgan fingerprint density at radius 2 is 1.74 bits per heavy atom. The molecule has 1 amide bonds. The number of aryl methyl sites for hydroxylation is 1. The molecule has 9 heteroatoms. The van der Waals surface area contributed by atoms with Crippen molar-refractivity contribution in [3.63, 3.8) is 0 Å². The minimum atomic E-state index is -0.821. The van der Waals surface area contributed by atoms with Crippen molar-refractivity contribution in [2.75, 3.05) is 6.61 Å². The first-order valence-electron chi connectivity index (χ1n) is 12.4. The summed E-state index contributed by atoms with van der Waals surface area (Å²) in [6.45, 7) is 0.486. The molecule has 2 N–H and O–H groups in total. The number of carboxylic acid groups (broad SMARTS) is 1. The highest BCUT2D eigenvalue weighted by Crippen LogP contribution is 2.34. The number of fused-ring (bicyclic) bond motifs is 2. The zero-order valence-corrected chi connectivity index (χ0v) is 21.9. The van der Waals surface area contributed by atoms with E-state index in [1.165, 1.54) is 0 Å². The van der Waals surface area contributed by atoms with E-state index in [1.807, 2.05) is 18.2 Å². The van der Waals surface area contributed by atoms with E-state index in [4.69, 9.17) is 43.0 Å². The van der Waals surface area contributed by atoms with Crippen molar-refractivity contribution >= 4 is 46.1 Å². The summed E-state index contributed by atoms with van der Waals surface area (Å²) >= 11 is 12.2. The van der Waals surface area contributed by atoms with Gasteiger partial charge in [0.15, 0.2) is 0 Å². The van der Waals surface area contributed by atoms with Crippen LogP contribution in [0.15, 0.2) is 60.7 Å². The van der Waals surface area contributed by atoms with Crippen LogP contribution in [-0.2, 0) is 11.2 Å². The van der Waals surface area contributed by atoms with E-state index < -0.39 is 5.97 Å². The summed E-state index contributed by atoms with van der Waals surface area (Å²) in [6.07, 6.45) is 2.50. The highest BCUT2D eigenvalue weighted by molar-refractivity contribution is 6.31. The number of hydrogen-bond donors (Lipinski definition) is 2. The molecule has 5 rings (SSSR count). The maximum atomic E-state index is 13.2. The molecule has 1 atom stereocenters. The Labute approximate surface area is 229 Å². The minimum absolute atomic E-state index is 0.100. The van der Waals surface area contributed by atoms with Gasteiger partial charge in [0.25, 0.3) is 5.91 Å². The molecule has 1 aromatic heterocycles. The number of carbonyl (C=O) groups is 2. The summed E-state index contributed by atoms with van der Waals surface area (Å²) in [4.78, 5) is 33.9. The van der Waals surface area contributed by atoms with E-state index in [9.17, 15) is 9.59 Å². The van der Waals surface area contributed by atoms with E-state index in [2.05, 4.69) is 5.32 Å². The van der Waals surface area contributed by atoms with Gasteiger partial charge >= 0.3 is 5.97 Å². The maximum Gasteiger partial charge on any atom is 0.303 e. The van der Waals surface area contributed by atoms with Gasteiger partial charge in [0.2, 0.25) is 0 Å². The Morgan fingerprint density at radius 1 is 0.947 bits per heavy atom. The van der Waals surface area contributed by atoms with Gasteiger partial charge in [-0.15, -0.1) is 0 Å². The Kier molecular flexibility index (Phi) is 7.77. The zero-order valence-electron chi connectivity index (χ0n) is 20.4. The second kappa shape index (κ2) is 11.4. The summed E-state index contributed by atoms with van der Waals surface area (Å²) in [5, 5.41) is 13.3. The highest BCUT2D eigenvalue weighted by atomic mass is 35.5. The normalized spacial score (nSPS) is 14.5. The maximum absolute atomic E-state index is 13.2. The number of amides is 1. The monoisotopic (exact) mass is 549 g/mol. The SMILES string of the molecule is O=C(O)CCCCc1nc2cc(C(=O)NC3CCOc4cc(Cl)ccc43)ccc2nc1-c1ccc(Cl)cc1. The molecule has 1 unspecified atom stereocenters. The fourth-order valence-electron chi connectivity index (χ4n) is 4.57. The molecule has 0 saturated heterocycles. The molecule has 1 aliphatic rings. The lowest BCUT2D eigenvalue weighted by Gasteiger charge is -2.27. The van der Waals surface area contributed by atoms with Gasteiger partial charge in [-0.05, 0) is 61.7 Å². The van der Waals surface area contributed by atoms with Gasteiger partial charge in [0.05, 0.1) is 35.1 Å². The van der Waals surface area contributed by atoms with Crippen molar-refractivity contribution in [1.82, 2.24) is 15.3 Å². The van der Waals surface area contributed by atoms with Crippen LogP contribution in [0.1, 0.15) is 53.3 Å². The topological polar surface area (TPSA) is 101 Å². The first kappa shape index (κ1) is 25.9. The number of halogens is 2. The van der Waals surface area contributed by atoms with Crippen LogP contribution in [0, 0.1) is 0 Å². The van der Waals surface area contributed by atoms with Crippen molar-refractivity contribution in [3.05, 3.63) is 87.5 Å². The number of carboxylic acids is 1. The van der Waals surface area contributed by atoms with Crippen LogP contribution in [0.4, 0.5) is 0 Å². The molecular formula is C29H25Cl2N3O4. The number of aliphatic carboxylic acids is 1. The predicted octanol–water partition coefficient (Wildman–Crippen LogP) is 6.65. The average Bonchev–Trinajstić information content (AvgIpc) is 2.90. The zero-order chi connectivity index (χ0) is 26.6. The molecule has 38 heavy (non-hydrogen) atoms. The molecule has 0 saturated carbocycles. The number of aromatic nitrogens is 2. The van der Waals surface area contributed by atoms with Crippen LogP contribution < -0.4 is 10.1 Å². The average molecular weight is 550 g/mol. The Hall–Kier alpha value is -3.68. The molecule has 4 aromatic rings. The standard InChI is InChI=1S/C29H25Cl2N3O4/c30-19-8-5-17(6-9-19)28-24(3-1-2-4-27(35)36)32-25-15-18(7-12-23(25)33-28)29(37)34-22-13-14-38-26-16-20(31)10-11-21(22)26/h5-12,15-16,22H,1-4,13-14H2,(H,34,37)(H,35,36).